The van der Waals surface area contributed by atoms with E-state index in [1.54, 1.807) is 28.3 Å². The topological polar surface area (TPSA) is 47.8 Å². The Bertz CT molecular complexity index is 508. The van der Waals surface area contributed by atoms with Crippen molar-refractivity contribution in [3.05, 3.63) is 33.8 Å². The first-order chi connectivity index (χ1) is 7.58. The van der Waals surface area contributed by atoms with E-state index >= 15 is 0 Å². The Hall–Kier alpha value is -1.49. The maximum atomic E-state index is 11.9. The summed E-state index contributed by atoms with van der Waals surface area (Å²) in [5.74, 6) is 0.506. The van der Waals surface area contributed by atoms with Crippen molar-refractivity contribution in [1.82, 2.24) is 14.5 Å². The summed E-state index contributed by atoms with van der Waals surface area (Å²) in [7, 11) is 1.82. The number of rotatable bonds is 3. The summed E-state index contributed by atoms with van der Waals surface area (Å²) >= 11 is 1.58. The Morgan fingerprint density at radius 1 is 1.50 bits per heavy atom. The average Bonchev–Trinajstić information content (AvgIpc) is 2.74. The molecular weight excluding hydrogens is 222 g/mol. The number of carbonyl (C=O) groups is 1. The van der Waals surface area contributed by atoms with E-state index in [2.05, 4.69) is 9.97 Å². The molecule has 4 nitrogen and oxygen atoms in total. The molecule has 84 valence electrons. The van der Waals surface area contributed by atoms with Gasteiger partial charge in [-0.3, -0.25) is 4.79 Å². The second-order valence-corrected chi connectivity index (χ2v) is 5.00. The average molecular weight is 235 g/mol. The normalized spacial score (nSPS) is 10.7. The summed E-state index contributed by atoms with van der Waals surface area (Å²) in [5.41, 5.74) is 1.01. The van der Waals surface area contributed by atoms with Crippen molar-refractivity contribution in [2.45, 2.75) is 20.3 Å². The molecule has 0 aliphatic rings. The van der Waals surface area contributed by atoms with Gasteiger partial charge >= 0.3 is 0 Å². The summed E-state index contributed by atoms with van der Waals surface area (Å²) in [6.45, 7) is 3.97. The van der Waals surface area contributed by atoms with E-state index in [0.29, 0.717) is 12.2 Å². The molecule has 2 aromatic heterocycles. The van der Waals surface area contributed by atoms with Crippen molar-refractivity contribution in [1.29, 1.82) is 0 Å². The van der Waals surface area contributed by atoms with Crippen LogP contribution in [0.4, 0.5) is 0 Å². The molecule has 0 radical (unpaired) electrons. The molecule has 0 spiro atoms. The standard InChI is InChI=1S/C11H13N3OS/c1-7-8(2)16-10(13-7)6-9(15)11-12-4-5-14(11)3/h4-5H,6H2,1-3H3. The summed E-state index contributed by atoms with van der Waals surface area (Å²) in [4.78, 5) is 21.5. The van der Waals surface area contributed by atoms with Gasteiger partial charge in [0.25, 0.3) is 0 Å². The fourth-order valence-electron chi connectivity index (χ4n) is 1.47. The lowest BCUT2D eigenvalue weighted by atomic mass is 10.3. The third-order valence-corrected chi connectivity index (χ3v) is 3.53. The van der Waals surface area contributed by atoms with E-state index in [1.807, 2.05) is 20.9 Å². The molecule has 0 amide bonds. The number of ketones is 1. The molecule has 2 heterocycles. The highest BCUT2D eigenvalue weighted by Gasteiger charge is 2.14. The van der Waals surface area contributed by atoms with Gasteiger partial charge in [0.15, 0.2) is 5.82 Å². The number of nitrogens with zero attached hydrogens (tertiary/aromatic N) is 3. The number of imidazole rings is 1. The van der Waals surface area contributed by atoms with E-state index in [9.17, 15) is 4.79 Å². The highest BCUT2D eigenvalue weighted by Crippen LogP contribution is 2.17. The van der Waals surface area contributed by atoms with Gasteiger partial charge in [-0.1, -0.05) is 0 Å². The van der Waals surface area contributed by atoms with E-state index in [1.165, 1.54) is 4.88 Å². The van der Waals surface area contributed by atoms with Crippen LogP contribution in [0.25, 0.3) is 0 Å². The molecule has 0 fully saturated rings. The van der Waals surface area contributed by atoms with Gasteiger partial charge in [-0.25, -0.2) is 9.97 Å². The zero-order valence-electron chi connectivity index (χ0n) is 9.52. The largest absolute Gasteiger partial charge is 0.332 e. The van der Waals surface area contributed by atoms with Crippen molar-refractivity contribution in [3.8, 4) is 0 Å². The summed E-state index contributed by atoms with van der Waals surface area (Å²) in [5, 5.41) is 0.864. The molecule has 2 rings (SSSR count). The highest BCUT2D eigenvalue weighted by atomic mass is 32.1. The van der Waals surface area contributed by atoms with Crippen molar-refractivity contribution < 1.29 is 4.79 Å². The smallest absolute Gasteiger partial charge is 0.205 e. The SMILES string of the molecule is Cc1nc(CC(=O)c2nccn2C)sc1C. The van der Waals surface area contributed by atoms with Gasteiger partial charge in [-0.15, -0.1) is 11.3 Å². The first-order valence-corrected chi connectivity index (χ1v) is 5.83. The molecule has 0 N–H and O–H groups in total. The molecule has 16 heavy (non-hydrogen) atoms. The van der Waals surface area contributed by atoms with Gasteiger partial charge in [0.05, 0.1) is 12.1 Å². The molecule has 0 atom stereocenters. The monoisotopic (exact) mass is 235 g/mol. The van der Waals surface area contributed by atoms with Crippen molar-refractivity contribution in [2.75, 3.05) is 0 Å². The van der Waals surface area contributed by atoms with Crippen LogP contribution in [0.3, 0.4) is 0 Å². The summed E-state index contributed by atoms with van der Waals surface area (Å²) in [6, 6.07) is 0. The molecular formula is C11H13N3OS. The van der Waals surface area contributed by atoms with E-state index in [4.69, 9.17) is 0 Å². The maximum Gasteiger partial charge on any atom is 0.205 e. The lowest BCUT2D eigenvalue weighted by molar-refractivity contribution is 0.0980. The van der Waals surface area contributed by atoms with Crippen LogP contribution < -0.4 is 0 Å². The molecule has 0 saturated carbocycles. The van der Waals surface area contributed by atoms with Gasteiger partial charge in [0, 0.05) is 24.3 Å². The van der Waals surface area contributed by atoms with Gasteiger partial charge in [0.1, 0.15) is 5.01 Å². The Morgan fingerprint density at radius 2 is 2.25 bits per heavy atom. The number of carbonyl (C=O) groups excluding carboxylic acids is 1. The second kappa shape index (κ2) is 4.17. The van der Waals surface area contributed by atoms with E-state index < -0.39 is 0 Å². The number of thiazole rings is 1. The van der Waals surface area contributed by atoms with Crippen LogP contribution in [0.5, 0.6) is 0 Å². The minimum Gasteiger partial charge on any atom is -0.332 e. The number of hydrogen-bond donors (Lipinski definition) is 0. The van der Waals surface area contributed by atoms with Crippen LogP contribution in [0.1, 0.15) is 26.2 Å². The van der Waals surface area contributed by atoms with E-state index in [0.717, 1.165) is 10.7 Å². The lowest BCUT2D eigenvalue weighted by Crippen LogP contribution is -2.09. The van der Waals surface area contributed by atoms with Crippen LogP contribution in [0.2, 0.25) is 0 Å². The number of hydrogen-bond acceptors (Lipinski definition) is 4. The predicted octanol–water partition coefficient (Wildman–Crippen LogP) is 1.92. The zero-order valence-corrected chi connectivity index (χ0v) is 10.3. The Balaban J connectivity index is 2.17. The van der Waals surface area contributed by atoms with Crippen molar-refractivity contribution in [2.24, 2.45) is 7.05 Å². The molecule has 0 aliphatic heterocycles. The fraction of sp³-hybridized carbons (Fsp3) is 0.364. The van der Waals surface area contributed by atoms with Crippen LogP contribution >= 0.6 is 11.3 Å². The molecule has 5 heteroatoms. The highest BCUT2D eigenvalue weighted by molar-refractivity contribution is 7.11. The van der Waals surface area contributed by atoms with Crippen LogP contribution in [0.15, 0.2) is 12.4 Å². The third-order valence-electron chi connectivity index (χ3n) is 2.46. The Morgan fingerprint density at radius 3 is 2.75 bits per heavy atom. The second-order valence-electron chi connectivity index (χ2n) is 3.71. The first kappa shape index (κ1) is 11.0. The van der Waals surface area contributed by atoms with Crippen LogP contribution in [0, 0.1) is 13.8 Å². The quantitative estimate of drug-likeness (QED) is 0.764. The fourth-order valence-corrected chi connectivity index (χ4v) is 2.40. The minimum atomic E-state index is 0.0150. The van der Waals surface area contributed by atoms with Crippen LogP contribution in [-0.2, 0) is 13.5 Å². The van der Waals surface area contributed by atoms with Crippen LogP contribution in [-0.4, -0.2) is 20.3 Å². The van der Waals surface area contributed by atoms with Crippen molar-refractivity contribution >= 4 is 17.1 Å². The number of Topliss-reactive ketones (excluding diaryl/α,β-unsaturated/α-hetero) is 1. The molecule has 0 bridgehead atoms. The third kappa shape index (κ3) is 2.04. The summed E-state index contributed by atoms with van der Waals surface area (Å²) in [6.07, 6.45) is 3.74. The predicted molar refractivity (Wildman–Crippen MR) is 62.8 cm³/mol. The molecule has 0 aromatic carbocycles. The van der Waals surface area contributed by atoms with E-state index in [-0.39, 0.29) is 5.78 Å². The molecule has 0 aliphatic carbocycles. The number of aromatic nitrogens is 3. The zero-order chi connectivity index (χ0) is 11.7. The van der Waals surface area contributed by atoms with Gasteiger partial charge < -0.3 is 4.57 Å². The van der Waals surface area contributed by atoms with Gasteiger partial charge in [-0.05, 0) is 13.8 Å². The lowest BCUT2D eigenvalue weighted by Gasteiger charge is -1.98. The Kier molecular flexibility index (Phi) is 2.87. The van der Waals surface area contributed by atoms with Crippen molar-refractivity contribution in [3.63, 3.8) is 0 Å². The summed E-state index contributed by atoms with van der Waals surface area (Å²) < 4.78 is 1.73. The molecule has 2 aromatic rings. The first-order valence-electron chi connectivity index (χ1n) is 5.01. The van der Waals surface area contributed by atoms with Gasteiger partial charge in [-0.2, -0.15) is 0 Å². The number of aryl methyl sites for hydroxylation is 3. The maximum absolute atomic E-state index is 11.9. The molecule has 0 unspecified atom stereocenters. The Labute approximate surface area is 98.0 Å². The molecule has 0 saturated heterocycles. The van der Waals surface area contributed by atoms with Gasteiger partial charge in [0.2, 0.25) is 5.78 Å². The minimum absolute atomic E-state index is 0.0150.